The van der Waals surface area contributed by atoms with E-state index >= 15 is 0 Å². The third kappa shape index (κ3) is 6.01. The van der Waals surface area contributed by atoms with Gasteiger partial charge in [0.2, 0.25) is 0 Å². The zero-order valence-electron chi connectivity index (χ0n) is 17.6. The van der Waals surface area contributed by atoms with Gasteiger partial charge in [0.1, 0.15) is 5.82 Å². The number of rotatable bonds is 10. The average Bonchev–Trinajstić information content (AvgIpc) is 2.75. The van der Waals surface area contributed by atoms with Gasteiger partial charge < -0.3 is 4.74 Å². The van der Waals surface area contributed by atoms with Crippen LogP contribution in [0.1, 0.15) is 50.7 Å². The van der Waals surface area contributed by atoms with Crippen molar-refractivity contribution in [2.75, 3.05) is 6.61 Å². The lowest BCUT2D eigenvalue weighted by atomic mass is 9.97. The summed E-state index contributed by atoms with van der Waals surface area (Å²) < 4.78 is 20.4. The van der Waals surface area contributed by atoms with Crippen molar-refractivity contribution in [1.82, 2.24) is 0 Å². The van der Waals surface area contributed by atoms with Gasteiger partial charge in [-0.25, -0.2) is 4.39 Å². The van der Waals surface area contributed by atoms with Crippen molar-refractivity contribution in [3.8, 4) is 22.3 Å². The minimum atomic E-state index is -0.184. The molecule has 3 aromatic carbocycles. The van der Waals surface area contributed by atoms with E-state index in [1.54, 1.807) is 6.07 Å². The number of ether oxygens (including phenoxy) is 1. The van der Waals surface area contributed by atoms with E-state index in [0.29, 0.717) is 12.2 Å². The van der Waals surface area contributed by atoms with Crippen LogP contribution in [0.2, 0.25) is 0 Å². The van der Waals surface area contributed by atoms with E-state index in [1.807, 2.05) is 48.5 Å². The van der Waals surface area contributed by atoms with Crippen molar-refractivity contribution in [3.05, 3.63) is 83.7 Å². The molecule has 0 aliphatic rings. The standard InChI is InChI=1S/C27H31FO/c1-3-5-6-7-21-8-14-24(15-9-21)26-17-16-25(19-27(26)28)23-12-10-22(11-13-23)20-29-18-4-2/h8-17,19H,3-7,18,20H2,1-2H3. The molecule has 0 atom stereocenters. The summed E-state index contributed by atoms with van der Waals surface area (Å²) in [5.41, 5.74) is 5.94. The van der Waals surface area contributed by atoms with Gasteiger partial charge in [-0.2, -0.15) is 0 Å². The van der Waals surface area contributed by atoms with Gasteiger partial charge in [-0.3, -0.25) is 0 Å². The Morgan fingerprint density at radius 3 is 2.00 bits per heavy atom. The maximum absolute atomic E-state index is 14.8. The van der Waals surface area contributed by atoms with E-state index in [0.717, 1.165) is 41.7 Å². The predicted molar refractivity (Wildman–Crippen MR) is 120 cm³/mol. The molecule has 152 valence electrons. The first-order chi connectivity index (χ1) is 14.2. The quantitative estimate of drug-likeness (QED) is 0.321. The minimum absolute atomic E-state index is 0.184. The molecule has 0 heterocycles. The van der Waals surface area contributed by atoms with Gasteiger partial charge in [0.05, 0.1) is 6.61 Å². The van der Waals surface area contributed by atoms with E-state index in [9.17, 15) is 4.39 Å². The Hall–Kier alpha value is -2.45. The highest BCUT2D eigenvalue weighted by molar-refractivity contribution is 5.71. The normalized spacial score (nSPS) is 11.0. The summed E-state index contributed by atoms with van der Waals surface area (Å²) in [6.45, 7) is 5.71. The lowest BCUT2D eigenvalue weighted by Gasteiger charge is -2.09. The van der Waals surface area contributed by atoms with Crippen LogP contribution in [0.25, 0.3) is 22.3 Å². The van der Waals surface area contributed by atoms with Gasteiger partial charge in [-0.15, -0.1) is 0 Å². The summed E-state index contributed by atoms with van der Waals surface area (Å²) >= 11 is 0. The molecule has 29 heavy (non-hydrogen) atoms. The van der Waals surface area contributed by atoms with Gasteiger partial charge >= 0.3 is 0 Å². The molecule has 0 radical (unpaired) electrons. The van der Waals surface area contributed by atoms with Gasteiger partial charge in [-0.1, -0.05) is 87.4 Å². The Balaban J connectivity index is 1.70. The van der Waals surface area contributed by atoms with Crippen LogP contribution >= 0.6 is 0 Å². The van der Waals surface area contributed by atoms with Crippen LogP contribution in [0.5, 0.6) is 0 Å². The molecular formula is C27H31FO. The highest BCUT2D eigenvalue weighted by atomic mass is 19.1. The number of hydrogen-bond acceptors (Lipinski definition) is 1. The Labute approximate surface area is 174 Å². The van der Waals surface area contributed by atoms with E-state index in [2.05, 4.69) is 26.0 Å². The van der Waals surface area contributed by atoms with Crippen molar-refractivity contribution in [2.24, 2.45) is 0 Å². The molecule has 0 unspecified atom stereocenters. The average molecular weight is 391 g/mol. The molecule has 1 nitrogen and oxygen atoms in total. The molecule has 2 heteroatoms. The molecule has 0 aliphatic heterocycles. The van der Waals surface area contributed by atoms with Gasteiger partial charge in [-0.05, 0) is 53.1 Å². The molecule has 0 saturated heterocycles. The maximum atomic E-state index is 14.8. The van der Waals surface area contributed by atoms with Crippen molar-refractivity contribution in [2.45, 2.75) is 52.6 Å². The van der Waals surface area contributed by atoms with Gasteiger partial charge in [0, 0.05) is 12.2 Å². The van der Waals surface area contributed by atoms with Crippen LogP contribution in [0, 0.1) is 5.82 Å². The summed E-state index contributed by atoms with van der Waals surface area (Å²) in [5, 5.41) is 0. The van der Waals surface area contributed by atoms with E-state index in [1.165, 1.54) is 24.8 Å². The fraction of sp³-hybridized carbons (Fsp3) is 0.333. The molecule has 0 fully saturated rings. The smallest absolute Gasteiger partial charge is 0.131 e. The summed E-state index contributed by atoms with van der Waals surface area (Å²) in [6, 6.07) is 22.0. The zero-order valence-corrected chi connectivity index (χ0v) is 17.6. The molecular weight excluding hydrogens is 359 g/mol. The van der Waals surface area contributed by atoms with Crippen molar-refractivity contribution >= 4 is 0 Å². The van der Waals surface area contributed by atoms with Crippen molar-refractivity contribution in [3.63, 3.8) is 0 Å². The number of benzene rings is 3. The predicted octanol–water partition coefficient (Wildman–Crippen LogP) is 7.82. The maximum Gasteiger partial charge on any atom is 0.131 e. The molecule has 3 aromatic rings. The lowest BCUT2D eigenvalue weighted by molar-refractivity contribution is 0.121. The van der Waals surface area contributed by atoms with Gasteiger partial charge in [0.15, 0.2) is 0 Å². The third-order valence-electron chi connectivity index (χ3n) is 5.21. The summed E-state index contributed by atoms with van der Waals surface area (Å²) in [5.74, 6) is -0.184. The Morgan fingerprint density at radius 1 is 0.690 bits per heavy atom. The van der Waals surface area contributed by atoms with Crippen LogP contribution in [0.3, 0.4) is 0 Å². The molecule has 0 spiro atoms. The van der Waals surface area contributed by atoms with Crippen LogP contribution in [-0.2, 0) is 17.8 Å². The Morgan fingerprint density at radius 2 is 1.34 bits per heavy atom. The monoisotopic (exact) mass is 390 g/mol. The Bertz CT molecular complexity index is 881. The summed E-state index contributed by atoms with van der Waals surface area (Å²) in [4.78, 5) is 0. The lowest BCUT2D eigenvalue weighted by Crippen LogP contribution is -1.94. The number of halogens is 1. The topological polar surface area (TPSA) is 9.23 Å². The van der Waals surface area contributed by atoms with Crippen molar-refractivity contribution < 1.29 is 9.13 Å². The third-order valence-corrected chi connectivity index (χ3v) is 5.21. The fourth-order valence-electron chi connectivity index (χ4n) is 3.49. The first kappa shape index (κ1) is 21.3. The molecule has 0 aliphatic carbocycles. The van der Waals surface area contributed by atoms with E-state index in [4.69, 9.17) is 4.74 Å². The van der Waals surface area contributed by atoms with Crippen molar-refractivity contribution in [1.29, 1.82) is 0 Å². The van der Waals surface area contributed by atoms with Gasteiger partial charge in [0.25, 0.3) is 0 Å². The molecule has 0 bridgehead atoms. The number of hydrogen-bond donors (Lipinski definition) is 0. The van der Waals surface area contributed by atoms with E-state index in [-0.39, 0.29) is 5.82 Å². The van der Waals surface area contributed by atoms with Crippen LogP contribution in [0.15, 0.2) is 66.7 Å². The Kier molecular flexibility index (Phi) is 8.01. The van der Waals surface area contributed by atoms with Crippen LogP contribution in [0.4, 0.5) is 4.39 Å². The van der Waals surface area contributed by atoms with Crippen LogP contribution < -0.4 is 0 Å². The second kappa shape index (κ2) is 10.9. The first-order valence-electron chi connectivity index (χ1n) is 10.8. The summed E-state index contributed by atoms with van der Waals surface area (Å²) in [6.07, 6.45) is 5.80. The second-order valence-corrected chi connectivity index (χ2v) is 7.60. The van der Waals surface area contributed by atoms with E-state index < -0.39 is 0 Å². The molecule has 3 rings (SSSR count). The molecule has 0 amide bonds. The number of unbranched alkanes of at least 4 members (excludes halogenated alkanes) is 2. The highest BCUT2D eigenvalue weighted by Crippen LogP contribution is 2.28. The van der Waals surface area contributed by atoms with Crippen LogP contribution in [-0.4, -0.2) is 6.61 Å². The zero-order chi connectivity index (χ0) is 20.5. The molecule has 0 aromatic heterocycles. The molecule has 0 saturated carbocycles. The largest absolute Gasteiger partial charge is 0.377 e. The minimum Gasteiger partial charge on any atom is -0.377 e. The number of aryl methyl sites for hydroxylation is 1. The molecule has 0 N–H and O–H groups in total. The SMILES string of the molecule is CCCCCc1ccc(-c2ccc(-c3ccc(COCCC)cc3)cc2F)cc1. The highest BCUT2D eigenvalue weighted by Gasteiger charge is 2.08. The summed E-state index contributed by atoms with van der Waals surface area (Å²) in [7, 11) is 0. The second-order valence-electron chi connectivity index (χ2n) is 7.60. The fourth-order valence-corrected chi connectivity index (χ4v) is 3.49. The first-order valence-corrected chi connectivity index (χ1v) is 10.8.